The number of carbonyl (C=O) groups is 1. The van der Waals surface area contributed by atoms with E-state index in [9.17, 15) is 9.18 Å². The molecular weight excluding hydrogens is 293 g/mol. The van der Waals surface area contributed by atoms with Gasteiger partial charge in [-0.1, -0.05) is 41.9 Å². The summed E-state index contributed by atoms with van der Waals surface area (Å²) in [6.45, 7) is 2.03. The van der Waals surface area contributed by atoms with Crippen molar-refractivity contribution in [3.8, 4) is 5.75 Å². The van der Waals surface area contributed by atoms with Gasteiger partial charge in [0, 0.05) is 6.54 Å². The predicted molar refractivity (Wildman–Crippen MR) is 79.8 cm³/mol. The SMILES string of the molecule is C[C@H](Oc1ccc(F)cc1Cl)C(=O)NCc1ccccc1. The molecule has 21 heavy (non-hydrogen) atoms. The average molecular weight is 308 g/mol. The van der Waals surface area contributed by atoms with Crippen molar-refractivity contribution in [1.82, 2.24) is 5.32 Å². The Kier molecular flexibility index (Phi) is 5.17. The van der Waals surface area contributed by atoms with Crippen LogP contribution in [0, 0.1) is 5.82 Å². The number of nitrogens with one attached hydrogen (secondary N) is 1. The summed E-state index contributed by atoms with van der Waals surface area (Å²) in [5.74, 6) is -0.437. The molecule has 1 N–H and O–H groups in total. The molecule has 3 nitrogen and oxygen atoms in total. The maximum absolute atomic E-state index is 12.9. The zero-order chi connectivity index (χ0) is 15.2. The van der Waals surface area contributed by atoms with Gasteiger partial charge in [0.25, 0.3) is 5.91 Å². The fourth-order valence-corrected chi connectivity index (χ4v) is 1.96. The van der Waals surface area contributed by atoms with Crippen LogP contribution in [0.1, 0.15) is 12.5 Å². The summed E-state index contributed by atoms with van der Waals surface area (Å²) >= 11 is 5.85. The summed E-state index contributed by atoms with van der Waals surface area (Å²) in [7, 11) is 0. The Bertz CT molecular complexity index is 619. The van der Waals surface area contributed by atoms with Crippen LogP contribution in [-0.4, -0.2) is 12.0 Å². The summed E-state index contributed by atoms with van der Waals surface area (Å²) in [6, 6.07) is 13.3. The highest BCUT2D eigenvalue weighted by Gasteiger charge is 2.16. The lowest BCUT2D eigenvalue weighted by molar-refractivity contribution is -0.127. The number of carbonyl (C=O) groups excluding carboxylic acids is 1. The van der Waals surface area contributed by atoms with E-state index in [0.29, 0.717) is 6.54 Å². The van der Waals surface area contributed by atoms with Crippen LogP contribution in [0.3, 0.4) is 0 Å². The van der Waals surface area contributed by atoms with Crippen LogP contribution in [0.5, 0.6) is 5.75 Å². The van der Waals surface area contributed by atoms with Crippen LogP contribution in [0.2, 0.25) is 5.02 Å². The van der Waals surface area contributed by atoms with Crippen molar-refractivity contribution in [2.75, 3.05) is 0 Å². The molecule has 0 unspecified atom stereocenters. The van der Waals surface area contributed by atoms with Gasteiger partial charge in [-0.3, -0.25) is 4.79 Å². The highest BCUT2D eigenvalue weighted by atomic mass is 35.5. The molecular formula is C16H15ClFNO2. The molecule has 5 heteroatoms. The summed E-state index contributed by atoms with van der Waals surface area (Å²) in [4.78, 5) is 11.9. The predicted octanol–water partition coefficient (Wildman–Crippen LogP) is 3.56. The molecule has 1 amide bonds. The Balaban J connectivity index is 1.90. The summed E-state index contributed by atoms with van der Waals surface area (Å²) < 4.78 is 18.4. The van der Waals surface area contributed by atoms with E-state index >= 15 is 0 Å². The van der Waals surface area contributed by atoms with Crippen molar-refractivity contribution in [2.24, 2.45) is 0 Å². The van der Waals surface area contributed by atoms with Gasteiger partial charge in [-0.15, -0.1) is 0 Å². The van der Waals surface area contributed by atoms with E-state index in [2.05, 4.69) is 5.32 Å². The van der Waals surface area contributed by atoms with Gasteiger partial charge < -0.3 is 10.1 Å². The second-order valence-corrected chi connectivity index (χ2v) is 4.95. The van der Waals surface area contributed by atoms with Crippen LogP contribution in [0.4, 0.5) is 4.39 Å². The van der Waals surface area contributed by atoms with E-state index in [1.54, 1.807) is 6.92 Å². The first-order valence-corrected chi connectivity index (χ1v) is 6.87. The Hall–Kier alpha value is -2.07. The Morgan fingerprint density at radius 1 is 1.29 bits per heavy atom. The van der Waals surface area contributed by atoms with Gasteiger partial charge in [0.15, 0.2) is 6.10 Å². The van der Waals surface area contributed by atoms with Crippen molar-refractivity contribution >= 4 is 17.5 Å². The largest absolute Gasteiger partial charge is 0.479 e. The molecule has 0 aromatic heterocycles. The molecule has 0 bridgehead atoms. The molecule has 0 aliphatic rings. The van der Waals surface area contributed by atoms with E-state index < -0.39 is 11.9 Å². The fourth-order valence-electron chi connectivity index (χ4n) is 1.74. The minimum absolute atomic E-state index is 0.137. The Morgan fingerprint density at radius 3 is 2.67 bits per heavy atom. The van der Waals surface area contributed by atoms with E-state index in [1.165, 1.54) is 12.1 Å². The lowest BCUT2D eigenvalue weighted by Crippen LogP contribution is -2.35. The monoisotopic (exact) mass is 307 g/mol. The van der Waals surface area contributed by atoms with E-state index in [1.807, 2.05) is 30.3 Å². The van der Waals surface area contributed by atoms with Crippen LogP contribution >= 0.6 is 11.6 Å². The van der Waals surface area contributed by atoms with Crippen LogP contribution in [-0.2, 0) is 11.3 Å². The smallest absolute Gasteiger partial charge is 0.261 e. The third-order valence-corrected chi connectivity index (χ3v) is 3.17. The van der Waals surface area contributed by atoms with Gasteiger partial charge in [-0.2, -0.15) is 0 Å². The van der Waals surface area contributed by atoms with Crippen LogP contribution in [0.25, 0.3) is 0 Å². The minimum Gasteiger partial charge on any atom is -0.479 e. The Morgan fingerprint density at radius 2 is 2.00 bits per heavy atom. The second-order valence-electron chi connectivity index (χ2n) is 4.54. The number of amides is 1. The first-order chi connectivity index (χ1) is 10.1. The molecule has 2 aromatic rings. The number of hydrogen-bond acceptors (Lipinski definition) is 2. The van der Waals surface area contributed by atoms with Gasteiger partial charge in [-0.25, -0.2) is 4.39 Å². The standard InChI is InChI=1S/C16H15ClFNO2/c1-11(21-15-8-7-13(18)9-14(15)17)16(20)19-10-12-5-3-2-4-6-12/h2-9,11H,10H2,1H3,(H,19,20)/t11-/m0/s1. The molecule has 110 valence electrons. The number of benzene rings is 2. The highest BCUT2D eigenvalue weighted by Crippen LogP contribution is 2.25. The molecule has 0 fully saturated rings. The number of rotatable bonds is 5. The van der Waals surface area contributed by atoms with E-state index in [-0.39, 0.29) is 16.7 Å². The van der Waals surface area contributed by atoms with Crippen molar-refractivity contribution in [3.63, 3.8) is 0 Å². The summed E-state index contributed by atoms with van der Waals surface area (Å²) in [6.07, 6.45) is -0.725. The summed E-state index contributed by atoms with van der Waals surface area (Å²) in [5, 5.41) is 2.91. The molecule has 2 aromatic carbocycles. The molecule has 0 radical (unpaired) electrons. The highest BCUT2D eigenvalue weighted by molar-refractivity contribution is 6.32. The molecule has 0 saturated heterocycles. The third kappa shape index (κ3) is 4.46. The summed E-state index contributed by atoms with van der Waals surface area (Å²) in [5.41, 5.74) is 0.998. The maximum Gasteiger partial charge on any atom is 0.261 e. The van der Waals surface area contributed by atoms with Crippen LogP contribution < -0.4 is 10.1 Å². The molecule has 0 heterocycles. The molecule has 1 atom stereocenters. The zero-order valence-corrected chi connectivity index (χ0v) is 12.2. The van der Waals surface area contributed by atoms with Crippen LogP contribution in [0.15, 0.2) is 48.5 Å². The average Bonchev–Trinajstić information content (AvgIpc) is 2.48. The van der Waals surface area contributed by atoms with Crippen molar-refractivity contribution < 1.29 is 13.9 Å². The molecule has 0 aliphatic carbocycles. The first-order valence-electron chi connectivity index (χ1n) is 6.49. The Labute approximate surface area is 127 Å². The number of halogens is 2. The minimum atomic E-state index is -0.725. The third-order valence-electron chi connectivity index (χ3n) is 2.88. The molecule has 2 rings (SSSR count). The number of ether oxygens (including phenoxy) is 1. The van der Waals surface area contributed by atoms with Gasteiger partial charge in [0.2, 0.25) is 0 Å². The van der Waals surface area contributed by atoms with Gasteiger partial charge in [0.05, 0.1) is 5.02 Å². The topological polar surface area (TPSA) is 38.3 Å². The van der Waals surface area contributed by atoms with Gasteiger partial charge in [-0.05, 0) is 30.7 Å². The lowest BCUT2D eigenvalue weighted by Gasteiger charge is -2.15. The molecule has 0 aliphatic heterocycles. The first kappa shape index (κ1) is 15.3. The molecule has 0 spiro atoms. The van der Waals surface area contributed by atoms with Crippen molar-refractivity contribution in [2.45, 2.75) is 19.6 Å². The van der Waals surface area contributed by atoms with Gasteiger partial charge in [0.1, 0.15) is 11.6 Å². The second kappa shape index (κ2) is 7.09. The van der Waals surface area contributed by atoms with E-state index in [4.69, 9.17) is 16.3 Å². The van der Waals surface area contributed by atoms with Crippen molar-refractivity contribution in [3.05, 3.63) is 64.9 Å². The van der Waals surface area contributed by atoms with Crippen molar-refractivity contribution in [1.29, 1.82) is 0 Å². The number of hydrogen-bond donors (Lipinski definition) is 1. The molecule has 0 saturated carbocycles. The fraction of sp³-hybridized carbons (Fsp3) is 0.188. The normalized spacial score (nSPS) is 11.8. The maximum atomic E-state index is 12.9. The zero-order valence-electron chi connectivity index (χ0n) is 11.5. The lowest BCUT2D eigenvalue weighted by atomic mass is 10.2. The quantitative estimate of drug-likeness (QED) is 0.917. The van der Waals surface area contributed by atoms with Gasteiger partial charge >= 0.3 is 0 Å². The van der Waals surface area contributed by atoms with E-state index in [0.717, 1.165) is 11.6 Å².